The van der Waals surface area contributed by atoms with Gasteiger partial charge in [0.1, 0.15) is 5.82 Å². The zero-order chi connectivity index (χ0) is 18.3. The largest absolute Gasteiger partial charge is 0.378 e. The molecular weight excluding hydrogens is 322 g/mol. The van der Waals surface area contributed by atoms with Gasteiger partial charge in [-0.05, 0) is 50.4 Å². The molecule has 5 nitrogen and oxygen atoms in total. The molecule has 3 aliphatic heterocycles. The number of hydrogen-bond acceptors (Lipinski definition) is 5. The van der Waals surface area contributed by atoms with E-state index in [0.717, 1.165) is 30.2 Å². The molecule has 4 atom stereocenters. The van der Waals surface area contributed by atoms with Crippen molar-refractivity contribution in [2.24, 2.45) is 11.7 Å². The molecule has 3 saturated heterocycles. The molecule has 0 amide bonds. The maximum Gasteiger partial charge on any atom is 0.126 e. The predicted molar refractivity (Wildman–Crippen MR) is 106 cm³/mol. The Kier molecular flexibility index (Phi) is 4.67. The van der Waals surface area contributed by atoms with Crippen LogP contribution in [0.4, 0.5) is 5.69 Å². The van der Waals surface area contributed by atoms with Crippen molar-refractivity contribution in [3.05, 3.63) is 41.9 Å². The third-order valence-electron chi connectivity index (χ3n) is 6.07. The Morgan fingerprint density at radius 3 is 2.58 bits per heavy atom. The molecule has 5 heteroatoms. The number of nitrogens with two attached hydrogens (primary N) is 1. The fraction of sp³-hybridized carbons (Fsp3) is 0.524. The number of aryl methyl sites for hydroxylation is 1. The van der Waals surface area contributed by atoms with E-state index in [1.54, 1.807) is 0 Å². The summed E-state index contributed by atoms with van der Waals surface area (Å²) in [5.74, 6) is 2.07. The monoisotopic (exact) mass is 351 g/mol. The second-order valence-electron chi connectivity index (χ2n) is 7.94. The first-order chi connectivity index (χ1) is 12.5. The molecule has 5 rings (SSSR count). The van der Waals surface area contributed by atoms with Gasteiger partial charge in [-0.3, -0.25) is 4.90 Å². The van der Waals surface area contributed by atoms with E-state index in [2.05, 4.69) is 54.2 Å². The number of piperidine rings is 3. The zero-order valence-electron chi connectivity index (χ0n) is 16.0. The lowest BCUT2D eigenvalue weighted by Crippen LogP contribution is -2.55. The zero-order valence-corrected chi connectivity index (χ0v) is 16.0. The molecule has 1 aromatic heterocycles. The van der Waals surface area contributed by atoms with E-state index in [1.807, 2.05) is 6.92 Å². The van der Waals surface area contributed by atoms with Crippen LogP contribution in [0.1, 0.15) is 30.3 Å². The smallest absolute Gasteiger partial charge is 0.126 e. The van der Waals surface area contributed by atoms with Crippen LogP contribution in [0.5, 0.6) is 0 Å². The Morgan fingerprint density at radius 1 is 1.19 bits per heavy atom. The van der Waals surface area contributed by atoms with E-state index in [4.69, 9.17) is 15.7 Å². The van der Waals surface area contributed by atoms with Crippen molar-refractivity contribution in [3.63, 3.8) is 0 Å². The van der Waals surface area contributed by atoms with Gasteiger partial charge in [-0.25, -0.2) is 9.97 Å². The highest BCUT2D eigenvalue weighted by molar-refractivity contribution is 5.63. The van der Waals surface area contributed by atoms with E-state index in [0.29, 0.717) is 17.9 Å². The minimum atomic E-state index is 0.507. The molecule has 4 heterocycles. The van der Waals surface area contributed by atoms with Crippen molar-refractivity contribution < 1.29 is 0 Å². The molecule has 26 heavy (non-hydrogen) atoms. The van der Waals surface area contributed by atoms with Crippen LogP contribution in [0, 0.1) is 12.8 Å². The molecule has 1 aromatic carbocycles. The molecule has 2 aromatic rings. The average Bonchev–Trinajstić information content (AvgIpc) is 2.67. The molecule has 3 aliphatic rings. The molecule has 0 aliphatic carbocycles. The highest BCUT2D eigenvalue weighted by atomic mass is 15.2. The summed E-state index contributed by atoms with van der Waals surface area (Å²) in [7, 11) is 4.12. The van der Waals surface area contributed by atoms with Crippen molar-refractivity contribution in [2.45, 2.75) is 31.7 Å². The lowest BCUT2D eigenvalue weighted by atomic mass is 9.74. The normalized spacial score (nSPS) is 27.5. The van der Waals surface area contributed by atoms with Crippen LogP contribution >= 0.6 is 0 Å². The molecular formula is C21H29N5. The SMILES string of the molecule is Cc1nc(-c2ccc(N(C)C)cc2)cc(C2CN3CCC2CC3CN)n1. The van der Waals surface area contributed by atoms with Gasteiger partial charge in [-0.1, -0.05) is 12.1 Å². The van der Waals surface area contributed by atoms with E-state index in [9.17, 15) is 0 Å². The van der Waals surface area contributed by atoms with Gasteiger partial charge in [0.15, 0.2) is 0 Å². The lowest BCUT2D eigenvalue weighted by molar-refractivity contribution is 0.0333. The van der Waals surface area contributed by atoms with Crippen molar-refractivity contribution in [3.8, 4) is 11.3 Å². The fourth-order valence-corrected chi connectivity index (χ4v) is 4.58. The fourth-order valence-electron chi connectivity index (χ4n) is 4.58. The summed E-state index contributed by atoms with van der Waals surface area (Å²) < 4.78 is 0. The molecule has 4 unspecified atom stereocenters. The molecule has 2 N–H and O–H groups in total. The third-order valence-corrected chi connectivity index (χ3v) is 6.07. The van der Waals surface area contributed by atoms with E-state index < -0.39 is 0 Å². The van der Waals surface area contributed by atoms with E-state index in [-0.39, 0.29) is 0 Å². The van der Waals surface area contributed by atoms with Crippen molar-refractivity contribution in [1.29, 1.82) is 0 Å². The molecule has 0 saturated carbocycles. The topological polar surface area (TPSA) is 58.3 Å². The van der Waals surface area contributed by atoms with Gasteiger partial charge in [0.25, 0.3) is 0 Å². The standard InChI is InChI=1S/C21H29N5/c1-14-23-20(15-4-6-17(7-5-15)25(2)3)11-21(24-14)19-13-26-9-8-16(19)10-18(26)12-22/h4-7,11,16,18-19H,8-10,12-13,22H2,1-3H3. The second-order valence-corrected chi connectivity index (χ2v) is 7.94. The van der Waals surface area contributed by atoms with Crippen LogP contribution in [0.3, 0.4) is 0 Å². The van der Waals surface area contributed by atoms with Crippen molar-refractivity contribution in [1.82, 2.24) is 14.9 Å². The number of anilines is 1. The number of aromatic nitrogens is 2. The number of rotatable bonds is 4. The van der Waals surface area contributed by atoms with E-state index in [1.165, 1.54) is 30.8 Å². The highest BCUT2D eigenvalue weighted by Gasteiger charge is 2.40. The third kappa shape index (κ3) is 3.21. The Morgan fingerprint density at radius 2 is 1.96 bits per heavy atom. The predicted octanol–water partition coefficient (Wildman–Crippen LogP) is 2.65. The molecule has 3 fully saturated rings. The molecule has 0 radical (unpaired) electrons. The first-order valence-corrected chi connectivity index (χ1v) is 9.62. The Hall–Kier alpha value is -1.98. The van der Waals surface area contributed by atoms with Gasteiger partial charge in [-0.15, -0.1) is 0 Å². The first-order valence-electron chi connectivity index (χ1n) is 9.62. The first kappa shape index (κ1) is 17.4. The number of hydrogen-bond donors (Lipinski definition) is 1. The molecule has 2 bridgehead atoms. The summed E-state index contributed by atoms with van der Waals surface area (Å²) in [6.07, 6.45) is 2.47. The van der Waals surface area contributed by atoms with Gasteiger partial charge in [-0.2, -0.15) is 0 Å². The molecule has 0 spiro atoms. The van der Waals surface area contributed by atoms with Gasteiger partial charge < -0.3 is 10.6 Å². The highest BCUT2D eigenvalue weighted by Crippen LogP contribution is 2.41. The van der Waals surface area contributed by atoms with Crippen molar-refractivity contribution >= 4 is 5.69 Å². The summed E-state index contributed by atoms with van der Waals surface area (Å²) in [6, 6.07) is 11.4. The van der Waals surface area contributed by atoms with Crippen LogP contribution in [-0.2, 0) is 0 Å². The van der Waals surface area contributed by atoms with Gasteiger partial charge in [0.2, 0.25) is 0 Å². The van der Waals surface area contributed by atoms with Crippen LogP contribution in [0.25, 0.3) is 11.3 Å². The average molecular weight is 351 g/mol. The Bertz CT molecular complexity index is 770. The lowest BCUT2D eigenvalue weighted by Gasteiger charge is -2.49. The number of nitrogens with zero attached hydrogens (tertiary/aromatic N) is 4. The summed E-state index contributed by atoms with van der Waals surface area (Å²) in [5, 5.41) is 0. The van der Waals surface area contributed by atoms with Gasteiger partial charge >= 0.3 is 0 Å². The summed E-state index contributed by atoms with van der Waals surface area (Å²) >= 11 is 0. The second kappa shape index (κ2) is 6.97. The maximum absolute atomic E-state index is 5.96. The summed E-state index contributed by atoms with van der Waals surface area (Å²) in [4.78, 5) is 14.2. The van der Waals surface area contributed by atoms with Gasteiger partial charge in [0.05, 0.1) is 5.69 Å². The number of fused-ring (bicyclic) bond motifs is 3. The van der Waals surface area contributed by atoms with Crippen LogP contribution < -0.4 is 10.6 Å². The minimum absolute atomic E-state index is 0.507. The minimum Gasteiger partial charge on any atom is -0.378 e. The van der Waals surface area contributed by atoms with Crippen molar-refractivity contribution in [2.75, 3.05) is 38.6 Å². The molecule has 138 valence electrons. The van der Waals surface area contributed by atoms with Crippen LogP contribution in [0.2, 0.25) is 0 Å². The van der Waals surface area contributed by atoms with Gasteiger partial charge in [0, 0.05) is 56.1 Å². The Balaban J connectivity index is 1.63. The van der Waals surface area contributed by atoms with Crippen LogP contribution in [-0.4, -0.2) is 54.6 Å². The Labute approximate surface area is 156 Å². The maximum atomic E-state index is 5.96. The van der Waals surface area contributed by atoms with E-state index >= 15 is 0 Å². The summed E-state index contributed by atoms with van der Waals surface area (Å²) in [6.45, 7) is 5.05. The summed E-state index contributed by atoms with van der Waals surface area (Å²) in [5.41, 5.74) is 10.6. The number of benzene rings is 1. The van der Waals surface area contributed by atoms with Crippen LogP contribution in [0.15, 0.2) is 30.3 Å². The quantitative estimate of drug-likeness (QED) is 0.918.